The van der Waals surface area contributed by atoms with Gasteiger partial charge in [0.25, 0.3) is 0 Å². The van der Waals surface area contributed by atoms with Crippen LogP contribution in [0.25, 0.3) is 0 Å². The van der Waals surface area contributed by atoms with Gasteiger partial charge in [-0.05, 0) is 12.8 Å². The molecule has 80 valence electrons. The lowest BCUT2D eigenvalue weighted by Crippen LogP contribution is -2.42. The van der Waals surface area contributed by atoms with E-state index in [0.29, 0.717) is 6.04 Å². The molecule has 0 aliphatic rings. The van der Waals surface area contributed by atoms with E-state index in [9.17, 15) is 5.11 Å². The molecule has 0 aromatic rings. The highest BCUT2D eigenvalue weighted by Crippen LogP contribution is 2.18. The first-order valence-electron chi connectivity index (χ1n) is 5.50. The highest BCUT2D eigenvalue weighted by molar-refractivity contribution is 4.80. The summed E-state index contributed by atoms with van der Waals surface area (Å²) < 4.78 is 0. The zero-order valence-electron chi connectivity index (χ0n) is 9.56. The molecule has 0 aromatic heterocycles. The first-order chi connectivity index (χ1) is 6.04. The molecule has 0 spiro atoms. The molecule has 0 atom stereocenters. The second kappa shape index (κ2) is 6.39. The van der Waals surface area contributed by atoms with Gasteiger partial charge in [0.05, 0.1) is 5.60 Å². The molecule has 0 aliphatic heterocycles. The number of hydrogen-bond acceptors (Lipinski definition) is 2. The van der Waals surface area contributed by atoms with Crippen LogP contribution in [-0.2, 0) is 0 Å². The maximum absolute atomic E-state index is 10.2. The highest BCUT2D eigenvalue weighted by Gasteiger charge is 2.24. The minimum Gasteiger partial charge on any atom is -0.389 e. The lowest BCUT2D eigenvalue weighted by molar-refractivity contribution is 0.0201. The van der Waals surface area contributed by atoms with Crippen molar-refractivity contribution in [1.29, 1.82) is 0 Å². The SMILES string of the molecule is CCCC(O)(CCC)CNC(C)C. The summed E-state index contributed by atoms with van der Waals surface area (Å²) in [6.45, 7) is 9.19. The average molecular weight is 187 g/mol. The maximum Gasteiger partial charge on any atom is 0.0771 e. The van der Waals surface area contributed by atoms with Gasteiger partial charge in [-0.2, -0.15) is 0 Å². The fraction of sp³-hybridized carbons (Fsp3) is 1.00. The van der Waals surface area contributed by atoms with E-state index in [-0.39, 0.29) is 0 Å². The standard InChI is InChI=1S/C11H25NO/c1-5-7-11(13,8-6-2)9-12-10(3)4/h10,12-13H,5-9H2,1-4H3. The second-order valence-electron chi connectivity index (χ2n) is 4.26. The van der Waals surface area contributed by atoms with Crippen LogP contribution in [0.15, 0.2) is 0 Å². The Labute approximate surface area is 82.7 Å². The van der Waals surface area contributed by atoms with Crippen molar-refractivity contribution in [3.05, 3.63) is 0 Å². The van der Waals surface area contributed by atoms with Gasteiger partial charge in [0.2, 0.25) is 0 Å². The van der Waals surface area contributed by atoms with Crippen molar-refractivity contribution >= 4 is 0 Å². The molecule has 13 heavy (non-hydrogen) atoms. The second-order valence-corrected chi connectivity index (χ2v) is 4.26. The van der Waals surface area contributed by atoms with Crippen LogP contribution in [0, 0.1) is 0 Å². The molecule has 0 fully saturated rings. The highest BCUT2D eigenvalue weighted by atomic mass is 16.3. The van der Waals surface area contributed by atoms with Crippen molar-refractivity contribution in [2.45, 2.75) is 65.0 Å². The molecule has 0 saturated carbocycles. The zero-order chi connectivity index (χ0) is 10.3. The summed E-state index contributed by atoms with van der Waals surface area (Å²) in [6, 6.07) is 0.459. The van der Waals surface area contributed by atoms with E-state index in [2.05, 4.69) is 33.0 Å². The third kappa shape index (κ3) is 6.05. The Morgan fingerprint density at radius 1 is 1.15 bits per heavy atom. The number of hydrogen-bond donors (Lipinski definition) is 2. The van der Waals surface area contributed by atoms with Crippen LogP contribution in [0.3, 0.4) is 0 Å². The molecular formula is C11H25NO. The largest absolute Gasteiger partial charge is 0.389 e. The third-order valence-electron chi connectivity index (χ3n) is 2.27. The van der Waals surface area contributed by atoms with E-state index >= 15 is 0 Å². The molecule has 0 amide bonds. The summed E-state index contributed by atoms with van der Waals surface area (Å²) in [7, 11) is 0. The average Bonchev–Trinajstić information content (AvgIpc) is 2.02. The molecule has 0 bridgehead atoms. The van der Waals surface area contributed by atoms with Gasteiger partial charge >= 0.3 is 0 Å². The van der Waals surface area contributed by atoms with E-state index in [4.69, 9.17) is 0 Å². The Morgan fingerprint density at radius 2 is 1.62 bits per heavy atom. The fourth-order valence-electron chi connectivity index (χ4n) is 1.63. The molecule has 2 heteroatoms. The number of nitrogens with one attached hydrogen (secondary N) is 1. The van der Waals surface area contributed by atoms with Gasteiger partial charge in [-0.25, -0.2) is 0 Å². The molecular weight excluding hydrogens is 162 g/mol. The van der Waals surface area contributed by atoms with Crippen LogP contribution in [0.5, 0.6) is 0 Å². The Morgan fingerprint density at radius 3 is 1.92 bits per heavy atom. The topological polar surface area (TPSA) is 32.3 Å². The van der Waals surface area contributed by atoms with Crippen molar-refractivity contribution in [3.8, 4) is 0 Å². The van der Waals surface area contributed by atoms with Crippen molar-refractivity contribution in [2.24, 2.45) is 0 Å². The van der Waals surface area contributed by atoms with Crippen molar-refractivity contribution in [1.82, 2.24) is 5.32 Å². The summed E-state index contributed by atoms with van der Waals surface area (Å²) in [6.07, 6.45) is 3.91. The smallest absolute Gasteiger partial charge is 0.0771 e. The van der Waals surface area contributed by atoms with Crippen molar-refractivity contribution < 1.29 is 5.11 Å². The Hall–Kier alpha value is -0.0800. The molecule has 0 aromatic carbocycles. The normalized spacial score (nSPS) is 12.5. The predicted molar refractivity (Wildman–Crippen MR) is 57.9 cm³/mol. The molecule has 2 N–H and O–H groups in total. The number of aliphatic hydroxyl groups is 1. The summed E-state index contributed by atoms with van der Waals surface area (Å²) in [4.78, 5) is 0. The van der Waals surface area contributed by atoms with E-state index < -0.39 is 5.60 Å². The number of rotatable bonds is 7. The van der Waals surface area contributed by atoms with E-state index in [1.54, 1.807) is 0 Å². The van der Waals surface area contributed by atoms with E-state index in [1.165, 1.54) is 0 Å². The van der Waals surface area contributed by atoms with Crippen LogP contribution >= 0.6 is 0 Å². The summed E-state index contributed by atoms with van der Waals surface area (Å²) in [5.74, 6) is 0. The lowest BCUT2D eigenvalue weighted by Gasteiger charge is -2.28. The van der Waals surface area contributed by atoms with Gasteiger partial charge in [0.15, 0.2) is 0 Å². The van der Waals surface area contributed by atoms with Gasteiger partial charge in [-0.15, -0.1) is 0 Å². The van der Waals surface area contributed by atoms with Crippen LogP contribution in [0.1, 0.15) is 53.4 Å². The first-order valence-corrected chi connectivity index (χ1v) is 5.50. The van der Waals surface area contributed by atoms with Crippen LogP contribution in [-0.4, -0.2) is 23.3 Å². The summed E-state index contributed by atoms with van der Waals surface area (Å²) in [5.41, 5.74) is -0.478. The molecule has 0 rings (SSSR count). The summed E-state index contributed by atoms with van der Waals surface area (Å²) >= 11 is 0. The van der Waals surface area contributed by atoms with Gasteiger partial charge in [-0.3, -0.25) is 0 Å². The van der Waals surface area contributed by atoms with Crippen molar-refractivity contribution in [3.63, 3.8) is 0 Å². The Bertz CT molecular complexity index is 117. The molecule has 0 saturated heterocycles. The van der Waals surface area contributed by atoms with Crippen molar-refractivity contribution in [2.75, 3.05) is 6.54 Å². The van der Waals surface area contributed by atoms with Crippen LogP contribution in [0.2, 0.25) is 0 Å². The van der Waals surface area contributed by atoms with E-state index in [1.807, 2.05) is 0 Å². The maximum atomic E-state index is 10.2. The first kappa shape index (κ1) is 12.9. The minimum atomic E-state index is -0.478. The molecule has 0 heterocycles. The monoisotopic (exact) mass is 187 g/mol. The molecule has 2 nitrogen and oxygen atoms in total. The fourth-order valence-corrected chi connectivity index (χ4v) is 1.63. The summed E-state index contributed by atoms with van der Waals surface area (Å²) in [5, 5.41) is 13.5. The van der Waals surface area contributed by atoms with Gasteiger partial charge in [0.1, 0.15) is 0 Å². The van der Waals surface area contributed by atoms with Crippen LogP contribution < -0.4 is 5.32 Å². The zero-order valence-corrected chi connectivity index (χ0v) is 9.56. The molecule has 0 radical (unpaired) electrons. The third-order valence-corrected chi connectivity index (χ3v) is 2.27. The van der Waals surface area contributed by atoms with Crippen LogP contribution in [0.4, 0.5) is 0 Å². The van der Waals surface area contributed by atoms with Gasteiger partial charge in [0, 0.05) is 12.6 Å². The minimum absolute atomic E-state index is 0.459. The quantitative estimate of drug-likeness (QED) is 0.641. The molecule has 0 unspecified atom stereocenters. The van der Waals surface area contributed by atoms with Gasteiger partial charge in [-0.1, -0.05) is 40.5 Å². The Kier molecular flexibility index (Phi) is 6.35. The lowest BCUT2D eigenvalue weighted by atomic mass is 9.92. The molecule has 0 aliphatic carbocycles. The predicted octanol–water partition coefficient (Wildman–Crippen LogP) is 2.32. The van der Waals surface area contributed by atoms with E-state index in [0.717, 1.165) is 32.2 Å². The Balaban J connectivity index is 3.91. The van der Waals surface area contributed by atoms with Gasteiger partial charge < -0.3 is 10.4 Å².